The van der Waals surface area contributed by atoms with Gasteiger partial charge >= 0.3 is 0 Å². The summed E-state index contributed by atoms with van der Waals surface area (Å²) in [7, 11) is 1.81. The van der Waals surface area contributed by atoms with Gasteiger partial charge in [-0.2, -0.15) is 5.10 Å². The maximum Gasteiger partial charge on any atom is 0.131 e. The Morgan fingerprint density at radius 3 is 2.57 bits per heavy atom. The van der Waals surface area contributed by atoms with Crippen LogP contribution in [0.2, 0.25) is 0 Å². The maximum atomic E-state index is 14.5. The minimum Gasteiger partial charge on any atom is -0.340 e. The topological polar surface area (TPSA) is 59.4 Å². The summed E-state index contributed by atoms with van der Waals surface area (Å²) in [6.45, 7) is 6.13. The number of aromatic nitrogens is 5. The molecule has 28 heavy (non-hydrogen) atoms. The molecule has 3 aromatic heterocycles. The van der Waals surface area contributed by atoms with Crippen molar-refractivity contribution in [2.45, 2.75) is 26.7 Å². The van der Waals surface area contributed by atoms with Crippen LogP contribution in [0.25, 0.3) is 33.8 Å². The Morgan fingerprint density at radius 2 is 1.89 bits per heavy atom. The molecule has 0 saturated heterocycles. The van der Waals surface area contributed by atoms with Crippen molar-refractivity contribution in [3.63, 3.8) is 0 Å². The lowest BCUT2D eigenvalue weighted by atomic mass is 10.0. The fourth-order valence-electron chi connectivity index (χ4n) is 3.20. The maximum absolute atomic E-state index is 14.5. The molecular formula is C22H22FN5. The number of H-pyrrole nitrogens is 1. The van der Waals surface area contributed by atoms with Crippen molar-refractivity contribution in [2.75, 3.05) is 0 Å². The third kappa shape index (κ3) is 3.33. The van der Waals surface area contributed by atoms with Crippen molar-refractivity contribution in [2.24, 2.45) is 7.05 Å². The van der Waals surface area contributed by atoms with Crippen molar-refractivity contribution >= 4 is 0 Å². The molecule has 3 heterocycles. The Balaban J connectivity index is 1.89. The van der Waals surface area contributed by atoms with E-state index >= 15 is 0 Å². The van der Waals surface area contributed by atoms with E-state index in [2.05, 4.69) is 28.9 Å². The molecule has 0 aliphatic carbocycles. The standard InChI is InChI=1S/C22H22FN5/c1-13(2)22-26-20(21(27-22)19-7-5-6-14(3)25-19)15-8-9-18(23)17(10-15)16-11-24-28(4)12-16/h5-13H,1-4H3,(H,26,27). The summed E-state index contributed by atoms with van der Waals surface area (Å²) in [5, 5.41) is 4.16. The molecule has 1 N–H and O–H groups in total. The van der Waals surface area contributed by atoms with Crippen LogP contribution in [-0.4, -0.2) is 24.7 Å². The van der Waals surface area contributed by atoms with Gasteiger partial charge in [-0.05, 0) is 37.3 Å². The first-order valence-corrected chi connectivity index (χ1v) is 9.25. The molecule has 0 spiro atoms. The highest BCUT2D eigenvalue weighted by atomic mass is 19.1. The predicted molar refractivity (Wildman–Crippen MR) is 108 cm³/mol. The second kappa shape index (κ2) is 7.03. The summed E-state index contributed by atoms with van der Waals surface area (Å²) in [5.41, 5.74) is 5.44. The first-order chi connectivity index (χ1) is 13.4. The number of rotatable bonds is 4. The average Bonchev–Trinajstić information content (AvgIpc) is 3.29. The fourth-order valence-corrected chi connectivity index (χ4v) is 3.20. The van der Waals surface area contributed by atoms with Gasteiger partial charge in [0.05, 0.1) is 23.3 Å². The van der Waals surface area contributed by atoms with Crippen molar-refractivity contribution in [1.82, 2.24) is 24.7 Å². The van der Waals surface area contributed by atoms with Crippen LogP contribution >= 0.6 is 0 Å². The zero-order chi connectivity index (χ0) is 19.8. The molecule has 4 aromatic rings. The number of nitrogens with zero attached hydrogens (tertiary/aromatic N) is 4. The van der Waals surface area contributed by atoms with Gasteiger partial charge in [-0.3, -0.25) is 9.67 Å². The lowest BCUT2D eigenvalue weighted by Crippen LogP contribution is -1.91. The van der Waals surface area contributed by atoms with Gasteiger partial charge in [0, 0.05) is 41.5 Å². The zero-order valence-electron chi connectivity index (χ0n) is 16.4. The number of halogens is 1. The van der Waals surface area contributed by atoms with Crippen LogP contribution in [0.15, 0.2) is 48.8 Å². The largest absolute Gasteiger partial charge is 0.340 e. The van der Waals surface area contributed by atoms with E-state index in [0.29, 0.717) is 5.56 Å². The van der Waals surface area contributed by atoms with Crippen molar-refractivity contribution in [3.8, 4) is 33.8 Å². The lowest BCUT2D eigenvalue weighted by molar-refractivity contribution is 0.631. The minimum absolute atomic E-state index is 0.232. The number of aryl methyl sites for hydroxylation is 2. The molecule has 0 bridgehead atoms. The Bertz CT molecular complexity index is 1140. The van der Waals surface area contributed by atoms with Gasteiger partial charge in [-0.15, -0.1) is 0 Å². The number of aromatic amines is 1. The monoisotopic (exact) mass is 375 g/mol. The van der Waals surface area contributed by atoms with Crippen LogP contribution in [-0.2, 0) is 7.05 Å². The highest BCUT2D eigenvalue weighted by molar-refractivity contribution is 5.80. The van der Waals surface area contributed by atoms with Crippen LogP contribution in [0.4, 0.5) is 4.39 Å². The third-order valence-electron chi connectivity index (χ3n) is 4.67. The molecule has 0 atom stereocenters. The fraction of sp³-hybridized carbons (Fsp3) is 0.227. The summed E-state index contributed by atoms with van der Waals surface area (Å²) in [6.07, 6.45) is 3.46. The third-order valence-corrected chi connectivity index (χ3v) is 4.67. The van der Waals surface area contributed by atoms with Crippen LogP contribution in [0, 0.1) is 12.7 Å². The van der Waals surface area contributed by atoms with E-state index in [-0.39, 0.29) is 11.7 Å². The van der Waals surface area contributed by atoms with Crippen LogP contribution < -0.4 is 0 Å². The Hall–Kier alpha value is -3.28. The number of imidazole rings is 1. The van der Waals surface area contributed by atoms with E-state index in [0.717, 1.165) is 39.7 Å². The zero-order valence-corrected chi connectivity index (χ0v) is 16.4. The first-order valence-electron chi connectivity index (χ1n) is 9.25. The van der Waals surface area contributed by atoms with Crippen LogP contribution in [0.1, 0.15) is 31.3 Å². The van der Waals surface area contributed by atoms with Crippen LogP contribution in [0.3, 0.4) is 0 Å². The molecule has 4 rings (SSSR count). The van der Waals surface area contributed by atoms with Gasteiger partial charge in [0.1, 0.15) is 11.6 Å². The molecule has 0 amide bonds. The number of hydrogen-bond donors (Lipinski definition) is 1. The smallest absolute Gasteiger partial charge is 0.131 e. The minimum atomic E-state index is -0.286. The Kier molecular flexibility index (Phi) is 4.55. The number of benzene rings is 1. The van der Waals surface area contributed by atoms with Crippen molar-refractivity contribution in [3.05, 3.63) is 66.1 Å². The normalized spacial score (nSPS) is 11.4. The molecule has 0 radical (unpaired) electrons. The number of nitrogens with one attached hydrogen (secondary N) is 1. The second-order valence-electron chi connectivity index (χ2n) is 7.26. The summed E-state index contributed by atoms with van der Waals surface area (Å²) in [4.78, 5) is 12.9. The van der Waals surface area contributed by atoms with Gasteiger partial charge in [-0.25, -0.2) is 9.37 Å². The van der Waals surface area contributed by atoms with Gasteiger partial charge in [0.15, 0.2) is 0 Å². The Labute approximate surface area is 163 Å². The SMILES string of the molecule is Cc1cccc(-c2[nH]c(C(C)C)nc2-c2ccc(F)c(-c3cnn(C)c3)c2)n1. The lowest BCUT2D eigenvalue weighted by Gasteiger charge is -2.06. The first kappa shape index (κ1) is 18.1. The van der Waals surface area contributed by atoms with Gasteiger partial charge in [0.25, 0.3) is 0 Å². The molecule has 0 saturated carbocycles. The molecule has 6 heteroatoms. The highest BCUT2D eigenvalue weighted by Crippen LogP contribution is 2.34. The van der Waals surface area contributed by atoms with E-state index in [9.17, 15) is 4.39 Å². The predicted octanol–water partition coefficient (Wildman–Crippen LogP) is 5.11. The molecule has 142 valence electrons. The summed E-state index contributed by atoms with van der Waals surface area (Å²) in [6, 6.07) is 11.0. The van der Waals surface area contributed by atoms with Gasteiger partial charge in [0.2, 0.25) is 0 Å². The molecule has 5 nitrogen and oxygen atoms in total. The molecule has 0 fully saturated rings. The van der Waals surface area contributed by atoms with E-state index in [1.165, 1.54) is 6.07 Å². The summed E-state index contributed by atoms with van der Waals surface area (Å²) in [5.74, 6) is 0.822. The second-order valence-corrected chi connectivity index (χ2v) is 7.26. The average molecular weight is 375 g/mol. The number of pyridine rings is 1. The molecular weight excluding hydrogens is 353 g/mol. The van der Waals surface area contributed by atoms with E-state index in [4.69, 9.17) is 4.98 Å². The van der Waals surface area contributed by atoms with E-state index in [1.54, 1.807) is 23.1 Å². The molecule has 1 aromatic carbocycles. The van der Waals surface area contributed by atoms with Crippen LogP contribution in [0.5, 0.6) is 0 Å². The quantitative estimate of drug-likeness (QED) is 0.539. The summed E-state index contributed by atoms with van der Waals surface area (Å²) < 4.78 is 16.2. The van der Waals surface area contributed by atoms with Gasteiger partial charge < -0.3 is 4.98 Å². The van der Waals surface area contributed by atoms with E-state index in [1.807, 2.05) is 38.2 Å². The summed E-state index contributed by atoms with van der Waals surface area (Å²) >= 11 is 0. The molecule has 0 aliphatic rings. The van der Waals surface area contributed by atoms with Crippen molar-refractivity contribution in [1.29, 1.82) is 0 Å². The molecule has 0 unspecified atom stereocenters. The van der Waals surface area contributed by atoms with Crippen molar-refractivity contribution < 1.29 is 4.39 Å². The van der Waals surface area contributed by atoms with E-state index < -0.39 is 0 Å². The number of hydrogen-bond acceptors (Lipinski definition) is 3. The molecule has 0 aliphatic heterocycles. The highest BCUT2D eigenvalue weighted by Gasteiger charge is 2.18. The Morgan fingerprint density at radius 1 is 1.07 bits per heavy atom. The van der Waals surface area contributed by atoms with Gasteiger partial charge in [-0.1, -0.05) is 19.9 Å².